The van der Waals surface area contributed by atoms with Gasteiger partial charge in [0.1, 0.15) is 4.21 Å². The van der Waals surface area contributed by atoms with Crippen molar-refractivity contribution in [3.63, 3.8) is 0 Å². The van der Waals surface area contributed by atoms with Gasteiger partial charge in [0.2, 0.25) is 5.91 Å². The third kappa shape index (κ3) is 8.22. The molecule has 2 heterocycles. The first kappa shape index (κ1) is 29.4. The molecule has 1 fully saturated rings. The predicted octanol–water partition coefficient (Wildman–Crippen LogP) is 5.25. The van der Waals surface area contributed by atoms with Crippen LogP contribution in [0.2, 0.25) is 5.02 Å². The molecular weight excluding hydrogens is 554 g/mol. The molecule has 0 radical (unpaired) electrons. The predicted molar refractivity (Wildman–Crippen MR) is 158 cm³/mol. The van der Waals surface area contributed by atoms with Crippen LogP contribution in [0.1, 0.15) is 37.7 Å². The molecule has 7 nitrogen and oxygen atoms in total. The molecule has 0 aliphatic carbocycles. The number of fused-ring (bicyclic) bond motifs is 1. The van der Waals surface area contributed by atoms with Gasteiger partial charge in [-0.1, -0.05) is 54.1 Å². The number of benzene rings is 2. The van der Waals surface area contributed by atoms with Crippen molar-refractivity contribution in [2.45, 2.75) is 48.9 Å². The molecule has 1 aromatic heterocycles. The Balaban J connectivity index is 1.32. The van der Waals surface area contributed by atoms with Crippen molar-refractivity contribution in [3.05, 3.63) is 77.8 Å². The fourth-order valence-electron chi connectivity index (χ4n) is 4.67. The lowest BCUT2D eigenvalue weighted by Crippen LogP contribution is -2.48. The number of ketones is 1. The van der Waals surface area contributed by atoms with Crippen LogP contribution in [0.4, 0.5) is 0 Å². The van der Waals surface area contributed by atoms with Crippen molar-refractivity contribution in [1.82, 2.24) is 14.5 Å². The molecule has 0 spiro atoms. The second kappa shape index (κ2) is 13.7. The van der Waals surface area contributed by atoms with Crippen LogP contribution in [-0.4, -0.2) is 62.1 Å². The van der Waals surface area contributed by atoms with Crippen LogP contribution in [0.5, 0.6) is 0 Å². The number of halogens is 1. The van der Waals surface area contributed by atoms with Crippen molar-refractivity contribution in [3.8, 4) is 0 Å². The number of unbranched alkanes of at least 4 members (excludes halogenated alkanes) is 1. The summed E-state index contributed by atoms with van der Waals surface area (Å²) in [7, 11) is -3.93. The summed E-state index contributed by atoms with van der Waals surface area (Å²) < 4.78 is 29.9. The number of amides is 1. The van der Waals surface area contributed by atoms with E-state index < -0.39 is 16.1 Å². The lowest BCUT2D eigenvalue weighted by molar-refractivity contribution is -0.135. The number of rotatable bonds is 13. The smallest absolute Gasteiger partial charge is 0.250 e. The van der Waals surface area contributed by atoms with Gasteiger partial charge in [0, 0.05) is 55.3 Å². The van der Waals surface area contributed by atoms with E-state index in [1.807, 2.05) is 18.2 Å². The third-order valence-electron chi connectivity index (χ3n) is 6.87. The van der Waals surface area contributed by atoms with E-state index in [4.69, 9.17) is 11.6 Å². The van der Waals surface area contributed by atoms with Crippen LogP contribution in [0.25, 0.3) is 10.1 Å². The van der Waals surface area contributed by atoms with Crippen LogP contribution < -0.4 is 4.72 Å². The minimum absolute atomic E-state index is 0.00758. The topological polar surface area (TPSA) is 86.8 Å². The number of allylic oxidation sites excluding steroid dienone is 1. The Morgan fingerprint density at radius 2 is 1.79 bits per heavy atom. The van der Waals surface area contributed by atoms with E-state index in [-0.39, 0.29) is 28.7 Å². The van der Waals surface area contributed by atoms with Gasteiger partial charge in [-0.05, 0) is 48.4 Å². The molecule has 2 aromatic carbocycles. The maximum Gasteiger partial charge on any atom is 0.250 e. The highest BCUT2D eigenvalue weighted by Gasteiger charge is 2.28. The van der Waals surface area contributed by atoms with Crippen LogP contribution in [0.15, 0.2) is 71.5 Å². The summed E-state index contributed by atoms with van der Waals surface area (Å²) in [6.07, 6.45) is 3.42. The molecule has 1 atom stereocenters. The van der Waals surface area contributed by atoms with Gasteiger partial charge >= 0.3 is 0 Å². The van der Waals surface area contributed by atoms with Gasteiger partial charge in [-0.2, -0.15) is 4.72 Å². The number of carbonyl (C=O) groups excluding carboxylic acids is 2. The first-order valence-corrected chi connectivity index (χ1v) is 15.8. The highest BCUT2D eigenvalue weighted by Crippen LogP contribution is 2.31. The first-order valence-electron chi connectivity index (χ1n) is 13.1. The molecule has 4 rings (SSSR count). The molecule has 208 valence electrons. The number of piperazine rings is 1. The van der Waals surface area contributed by atoms with Crippen molar-refractivity contribution >= 4 is 54.7 Å². The summed E-state index contributed by atoms with van der Waals surface area (Å²) in [6, 6.07) is 16.1. The fraction of sp³-hybridized carbons (Fsp3) is 0.379. The highest BCUT2D eigenvalue weighted by molar-refractivity contribution is 7.91. The van der Waals surface area contributed by atoms with E-state index >= 15 is 0 Å². The lowest BCUT2D eigenvalue weighted by atomic mass is 10.0. The average Bonchev–Trinajstić information content (AvgIpc) is 3.36. The maximum atomic E-state index is 13.2. The Morgan fingerprint density at radius 3 is 2.51 bits per heavy atom. The number of sulfonamides is 1. The molecular formula is C29H34ClN3O4S2. The molecule has 0 bridgehead atoms. The summed E-state index contributed by atoms with van der Waals surface area (Å²) >= 11 is 7.16. The van der Waals surface area contributed by atoms with Crippen LogP contribution in [-0.2, 0) is 26.2 Å². The number of nitrogens with zero attached hydrogens (tertiary/aromatic N) is 2. The monoisotopic (exact) mass is 587 g/mol. The van der Waals surface area contributed by atoms with E-state index in [1.54, 1.807) is 35.2 Å². The van der Waals surface area contributed by atoms with Gasteiger partial charge in [0.15, 0.2) is 5.78 Å². The molecule has 1 amide bonds. The van der Waals surface area contributed by atoms with E-state index in [0.29, 0.717) is 37.4 Å². The molecule has 1 aliphatic heterocycles. The third-order valence-corrected chi connectivity index (χ3v) is 10.1. The molecule has 0 saturated carbocycles. The summed E-state index contributed by atoms with van der Waals surface area (Å²) in [5, 5.41) is 1.30. The zero-order valence-electron chi connectivity index (χ0n) is 21.9. The summed E-state index contributed by atoms with van der Waals surface area (Å²) in [5.41, 5.74) is 1.24. The van der Waals surface area contributed by atoms with Crippen molar-refractivity contribution in [1.29, 1.82) is 0 Å². The average molecular weight is 588 g/mol. The first-order chi connectivity index (χ1) is 18.7. The van der Waals surface area contributed by atoms with Crippen molar-refractivity contribution in [2.24, 2.45) is 0 Å². The number of thiophene rings is 1. The van der Waals surface area contributed by atoms with Crippen molar-refractivity contribution in [2.75, 3.05) is 26.2 Å². The molecule has 39 heavy (non-hydrogen) atoms. The van der Waals surface area contributed by atoms with Crippen LogP contribution in [0.3, 0.4) is 0 Å². The second-order valence-electron chi connectivity index (χ2n) is 9.75. The van der Waals surface area contributed by atoms with Crippen LogP contribution >= 0.6 is 22.9 Å². The molecule has 1 aliphatic rings. The molecule has 1 N–H and O–H groups in total. The van der Waals surface area contributed by atoms with Gasteiger partial charge < -0.3 is 4.90 Å². The Hall–Kier alpha value is -2.56. The lowest BCUT2D eigenvalue weighted by Gasteiger charge is -2.34. The second-order valence-corrected chi connectivity index (χ2v) is 13.2. The Morgan fingerprint density at radius 1 is 1.05 bits per heavy atom. The van der Waals surface area contributed by atoms with E-state index in [0.717, 1.165) is 41.1 Å². The van der Waals surface area contributed by atoms with Gasteiger partial charge in [-0.3, -0.25) is 14.5 Å². The Bertz CT molecular complexity index is 1400. The Kier molecular flexibility index (Phi) is 10.3. The molecule has 1 saturated heterocycles. The van der Waals surface area contributed by atoms with Gasteiger partial charge in [-0.25, -0.2) is 8.42 Å². The quantitative estimate of drug-likeness (QED) is 0.218. The molecule has 3 aromatic rings. The maximum absolute atomic E-state index is 13.2. The minimum Gasteiger partial charge on any atom is -0.340 e. The van der Waals surface area contributed by atoms with E-state index in [9.17, 15) is 18.0 Å². The summed E-state index contributed by atoms with van der Waals surface area (Å²) in [4.78, 5) is 30.2. The highest BCUT2D eigenvalue weighted by atomic mass is 35.5. The normalized spacial score (nSPS) is 15.4. The largest absolute Gasteiger partial charge is 0.340 e. The van der Waals surface area contributed by atoms with Crippen molar-refractivity contribution < 1.29 is 18.0 Å². The Labute approximate surface area is 239 Å². The molecule has 10 heteroatoms. The number of Topliss-reactive ketones (excluding diaryl/α,β-unsaturated/α-hetero) is 1. The number of hydrogen-bond donors (Lipinski definition) is 1. The summed E-state index contributed by atoms with van der Waals surface area (Å²) in [6.45, 7) is 7.34. The van der Waals surface area contributed by atoms with Gasteiger partial charge in [-0.15, -0.1) is 17.9 Å². The number of hydrogen-bond acceptors (Lipinski definition) is 6. The fourth-order valence-corrected chi connectivity index (χ4v) is 7.61. The van der Waals surface area contributed by atoms with E-state index in [2.05, 4.69) is 28.3 Å². The van der Waals surface area contributed by atoms with Crippen LogP contribution in [0, 0.1) is 0 Å². The zero-order chi connectivity index (χ0) is 27.8. The zero-order valence-corrected chi connectivity index (χ0v) is 24.2. The standard InChI is InChI=1S/C29H34ClN3O4S2/c1-2-3-5-10-25(31-39(36,37)29-19-23-11-12-24(30)20-27(23)38-29)26(34)13-14-28(35)33-17-15-32(16-18-33)21-22-8-6-4-7-9-22/h2,4,6-9,11-12,19-20,25,31H,1,3,5,10,13-18,21H2/t25-/m0/s1. The van der Waals surface area contributed by atoms with E-state index in [1.165, 1.54) is 5.56 Å². The minimum atomic E-state index is -3.93. The van der Waals surface area contributed by atoms with Gasteiger partial charge in [0.25, 0.3) is 10.0 Å². The SMILES string of the molecule is C=CCCC[C@H](NS(=O)(=O)c1cc2ccc(Cl)cc2s1)C(=O)CCC(=O)N1CCN(Cc2ccccc2)CC1. The summed E-state index contributed by atoms with van der Waals surface area (Å²) in [5.74, 6) is -0.348. The van der Waals surface area contributed by atoms with Gasteiger partial charge in [0.05, 0.1) is 6.04 Å². The number of carbonyl (C=O) groups is 2. The molecule has 0 unspecified atom stereocenters. The number of nitrogens with one attached hydrogen (secondary N) is 1.